The molecule has 1 aromatic carbocycles. The van der Waals surface area contributed by atoms with Crippen molar-refractivity contribution in [3.8, 4) is 5.75 Å². The molecule has 2 heteroatoms. The Hall–Kier alpha value is -1.31. The maximum Gasteiger partial charge on any atom is 0.312 e. The van der Waals surface area contributed by atoms with Crippen molar-refractivity contribution in [2.24, 2.45) is 0 Å². The number of aromatic hydroxyl groups is 1. The molecular weight excluding hydrogens is 128 g/mol. The molecule has 52 valence electrons. The van der Waals surface area contributed by atoms with E-state index in [1.807, 2.05) is 24.3 Å². The summed E-state index contributed by atoms with van der Waals surface area (Å²) in [5, 5.41) is 0. The Morgan fingerprint density at radius 2 is 1.90 bits per heavy atom. The van der Waals surface area contributed by atoms with Gasteiger partial charge in [0.2, 0.25) is 0 Å². The van der Waals surface area contributed by atoms with Gasteiger partial charge < -0.3 is 4.74 Å². The Morgan fingerprint density at radius 1 is 1.30 bits per heavy atom. The van der Waals surface area contributed by atoms with Crippen molar-refractivity contribution < 1.29 is 9.53 Å². The zero-order chi connectivity index (χ0) is 7.40. The van der Waals surface area contributed by atoms with E-state index in [1.54, 1.807) is 7.11 Å². The molecule has 0 saturated carbocycles. The van der Waals surface area contributed by atoms with Crippen LogP contribution in [-0.2, 0) is 0 Å². The predicted molar refractivity (Wildman–Crippen MR) is 41.1 cm³/mol. The number of aldehydes is 1. The van der Waals surface area contributed by atoms with E-state index in [0.29, 0.717) is 0 Å². The Balaban J connectivity index is 2.90. The van der Waals surface area contributed by atoms with Crippen LogP contribution in [0.15, 0.2) is 24.3 Å². The SMILES string of the molecule is C[OH+]c1ccc(C=[OH+])cc1. The zero-order valence-corrected chi connectivity index (χ0v) is 5.78. The number of hydrogen-bond donors (Lipinski definition) is 0. The Labute approximate surface area is 59.4 Å². The molecule has 0 saturated heterocycles. The molecule has 0 fully saturated rings. The van der Waals surface area contributed by atoms with Crippen LogP contribution in [0.3, 0.4) is 0 Å². The van der Waals surface area contributed by atoms with Crippen LogP contribution >= 0.6 is 0 Å². The first kappa shape index (κ1) is 6.81. The minimum Gasteiger partial charge on any atom is -0.585 e. The van der Waals surface area contributed by atoms with Crippen molar-refractivity contribution in [2.45, 2.75) is 0 Å². The summed E-state index contributed by atoms with van der Waals surface area (Å²) in [5.41, 5.74) is 0.799. The fourth-order valence-electron chi connectivity index (χ4n) is 0.709. The Bertz CT molecular complexity index is 213. The van der Waals surface area contributed by atoms with E-state index in [1.165, 1.54) is 0 Å². The van der Waals surface area contributed by atoms with Crippen molar-refractivity contribution in [2.75, 3.05) is 7.11 Å². The van der Waals surface area contributed by atoms with Gasteiger partial charge >= 0.3 is 6.29 Å². The molecule has 0 amide bonds. The summed E-state index contributed by atoms with van der Waals surface area (Å²) in [7, 11) is 1.73. The van der Waals surface area contributed by atoms with Crippen molar-refractivity contribution >= 4 is 6.29 Å². The molecule has 0 radical (unpaired) electrons. The minimum atomic E-state index is 0.799. The van der Waals surface area contributed by atoms with Gasteiger partial charge in [0.1, 0.15) is 0 Å². The van der Waals surface area contributed by atoms with Crippen LogP contribution in [0.25, 0.3) is 0 Å². The van der Waals surface area contributed by atoms with Crippen molar-refractivity contribution in [1.82, 2.24) is 0 Å². The third-order valence-electron chi connectivity index (χ3n) is 1.30. The normalized spacial score (nSPS) is 8.90. The van der Waals surface area contributed by atoms with Crippen molar-refractivity contribution in [3.05, 3.63) is 29.8 Å². The summed E-state index contributed by atoms with van der Waals surface area (Å²) < 4.78 is 3.95. The summed E-state index contributed by atoms with van der Waals surface area (Å²) in [5.74, 6) is 0.922. The highest BCUT2D eigenvalue weighted by Gasteiger charge is 1.95. The van der Waals surface area contributed by atoms with Crippen LogP contribution in [0.2, 0.25) is 0 Å². The lowest BCUT2D eigenvalue weighted by atomic mass is 10.2. The molecule has 0 aliphatic carbocycles. The first-order chi connectivity index (χ1) is 4.86. The van der Waals surface area contributed by atoms with Gasteiger partial charge in [-0.15, -0.1) is 0 Å². The minimum absolute atomic E-state index is 0.799. The quantitative estimate of drug-likeness (QED) is 0.433. The molecule has 0 spiro atoms. The average molecular weight is 138 g/mol. The van der Waals surface area contributed by atoms with E-state index in [-0.39, 0.29) is 0 Å². The second-order valence-corrected chi connectivity index (χ2v) is 1.94. The van der Waals surface area contributed by atoms with Gasteiger partial charge in [0, 0.05) is 12.1 Å². The van der Waals surface area contributed by atoms with E-state index >= 15 is 0 Å². The second-order valence-electron chi connectivity index (χ2n) is 1.94. The number of aliphatic hydroxyl groups is 1. The maximum absolute atomic E-state index is 8.55. The summed E-state index contributed by atoms with van der Waals surface area (Å²) in [4.78, 5) is 8.55. The Kier molecular flexibility index (Phi) is 2.05. The third kappa shape index (κ3) is 1.35. The molecule has 0 bridgehead atoms. The van der Waals surface area contributed by atoms with Gasteiger partial charge in [-0.2, -0.15) is 0 Å². The fourth-order valence-corrected chi connectivity index (χ4v) is 0.709. The van der Waals surface area contributed by atoms with Crippen LogP contribution < -0.4 is 0 Å². The first-order valence-corrected chi connectivity index (χ1v) is 3.04. The van der Waals surface area contributed by atoms with Gasteiger partial charge in [-0.1, -0.05) is 0 Å². The third-order valence-corrected chi connectivity index (χ3v) is 1.30. The van der Waals surface area contributed by atoms with E-state index < -0.39 is 0 Å². The molecule has 0 heterocycles. The number of rotatable bonds is 2. The van der Waals surface area contributed by atoms with Crippen LogP contribution in [0.4, 0.5) is 0 Å². The van der Waals surface area contributed by atoms with Crippen LogP contribution in [0, 0.1) is 0 Å². The monoisotopic (exact) mass is 138 g/mol. The predicted octanol–water partition coefficient (Wildman–Crippen LogP) is 1.08. The van der Waals surface area contributed by atoms with E-state index in [0.717, 1.165) is 17.6 Å². The molecule has 1 aromatic rings. The fraction of sp³-hybridized carbons (Fsp3) is 0.125. The molecule has 1 rings (SSSR count). The molecule has 0 aliphatic heterocycles. The standard InChI is InChI=1S/C8H8O2/c1-10-8-4-2-7(6-9)3-5-8/h2-6H,1H3/p+2. The molecule has 0 atom stereocenters. The summed E-state index contributed by atoms with van der Waals surface area (Å²) in [6.45, 7) is 0. The van der Waals surface area contributed by atoms with Gasteiger partial charge in [0.05, 0.1) is 5.56 Å². The highest BCUT2D eigenvalue weighted by molar-refractivity contribution is 5.75. The first-order valence-electron chi connectivity index (χ1n) is 3.04. The molecule has 2 N–H and O–H groups in total. The topological polar surface area (TPSA) is 34.2 Å². The number of ether oxygens (including phenoxy) is 1. The number of carbonyl (C=O) groups excluding carboxylic acids is 1. The molecule has 0 aliphatic rings. The highest BCUT2D eigenvalue weighted by Crippen LogP contribution is 2.10. The van der Waals surface area contributed by atoms with Gasteiger partial charge in [-0.3, -0.25) is 4.79 Å². The second kappa shape index (κ2) is 3.01. The summed E-state index contributed by atoms with van der Waals surface area (Å²) in [6.07, 6.45) is 1.07. The van der Waals surface area contributed by atoms with Crippen LogP contribution in [-0.4, -0.2) is 22.9 Å². The largest absolute Gasteiger partial charge is 0.585 e. The zero-order valence-electron chi connectivity index (χ0n) is 5.78. The lowest BCUT2D eigenvalue weighted by molar-refractivity contribution is 0.136. The Morgan fingerprint density at radius 3 is 2.30 bits per heavy atom. The van der Waals surface area contributed by atoms with Gasteiger partial charge in [0.25, 0.3) is 5.75 Å². The molecular formula is C8H10O2+2. The average Bonchev–Trinajstić information content (AvgIpc) is 2.05. The summed E-state index contributed by atoms with van der Waals surface area (Å²) >= 11 is 0. The van der Waals surface area contributed by atoms with Gasteiger partial charge in [0.15, 0.2) is 7.11 Å². The van der Waals surface area contributed by atoms with Gasteiger partial charge in [-0.05, 0) is 12.1 Å². The molecule has 0 aromatic heterocycles. The van der Waals surface area contributed by atoms with E-state index in [9.17, 15) is 0 Å². The van der Waals surface area contributed by atoms with E-state index in [4.69, 9.17) is 4.79 Å². The van der Waals surface area contributed by atoms with Crippen molar-refractivity contribution in [1.29, 1.82) is 0 Å². The maximum atomic E-state index is 8.55. The van der Waals surface area contributed by atoms with Crippen molar-refractivity contribution in [3.63, 3.8) is 0 Å². The van der Waals surface area contributed by atoms with Crippen LogP contribution in [0.1, 0.15) is 5.56 Å². The smallest absolute Gasteiger partial charge is 0.312 e. The lowest BCUT2D eigenvalue weighted by Gasteiger charge is -1.93. The number of benzene rings is 1. The van der Waals surface area contributed by atoms with Gasteiger partial charge in [-0.25, -0.2) is 0 Å². The summed E-state index contributed by atoms with van der Waals surface area (Å²) in [6, 6.07) is 7.31. The highest BCUT2D eigenvalue weighted by atomic mass is 16.5. The molecule has 0 unspecified atom stereocenters. The lowest BCUT2D eigenvalue weighted by Crippen LogP contribution is -1.80. The number of hydrogen-bond acceptors (Lipinski definition) is 0. The molecule has 10 heavy (non-hydrogen) atoms. The van der Waals surface area contributed by atoms with Crippen LogP contribution in [0.5, 0.6) is 5.75 Å². The molecule has 2 nitrogen and oxygen atoms in total. The van der Waals surface area contributed by atoms with E-state index in [2.05, 4.69) is 4.74 Å².